The van der Waals surface area contributed by atoms with Crippen LogP contribution in [0, 0.1) is 5.82 Å². The van der Waals surface area contributed by atoms with Gasteiger partial charge in [-0.1, -0.05) is 56.3 Å². The third-order valence-electron chi connectivity index (χ3n) is 6.32. The fourth-order valence-electron chi connectivity index (χ4n) is 4.97. The van der Waals surface area contributed by atoms with Crippen LogP contribution in [-0.4, -0.2) is 50.7 Å². The lowest BCUT2D eigenvalue weighted by molar-refractivity contribution is -0.160. The molecule has 0 aliphatic heterocycles. The number of aromatic nitrogens is 1. The van der Waals surface area contributed by atoms with Crippen LogP contribution >= 0.6 is 0 Å². The number of rotatable bonds is 11. The zero-order chi connectivity index (χ0) is 28.0. The van der Waals surface area contributed by atoms with Crippen molar-refractivity contribution in [2.45, 2.75) is 78.6 Å². The third kappa shape index (κ3) is 7.53. The zero-order valence-corrected chi connectivity index (χ0v) is 23.4. The Bertz CT molecular complexity index is 1200. The van der Waals surface area contributed by atoms with E-state index in [2.05, 4.69) is 37.5 Å². The molecule has 206 valence electrons. The zero-order valence-electron chi connectivity index (χ0n) is 23.4. The van der Waals surface area contributed by atoms with Crippen molar-refractivity contribution in [3.05, 3.63) is 71.7 Å². The third-order valence-corrected chi connectivity index (χ3v) is 6.32. The molecule has 0 fully saturated rings. The number of halogens is 1. The monoisotopic (exact) mass is 524 g/mol. The topological polar surface area (TPSA) is 74.9 Å². The molecular weight excluding hydrogens is 483 g/mol. The van der Waals surface area contributed by atoms with Gasteiger partial charge in [0.2, 0.25) is 0 Å². The predicted octanol–water partition coefficient (Wildman–Crippen LogP) is 6.43. The first-order valence-electron chi connectivity index (χ1n) is 13.3. The van der Waals surface area contributed by atoms with Crippen molar-refractivity contribution in [1.82, 2.24) is 9.63 Å². The van der Waals surface area contributed by atoms with E-state index in [1.807, 2.05) is 18.2 Å². The molecular formula is C31H41FN2O4. The van der Waals surface area contributed by atoms with Crippen LogP contribution in [0.4, 0.5) is 4.39 Å². The van der Waals surface area contributed by atoms with E-state index in [-0.39, 0.29) is 31.2 Å². The Morgan fingerprint density at radius 2 is 1.68 bits per heavy atom. The molecule has 3 rings (SSSR count). The van der Waals surface area contributed by atoms with Crippen LogP contribution in [-0.2, 0) is 22.5 Å². The van der Waals surface area contributed by atoms with Crippen LogP contribution in [0.25, 0.3) is 22.4 Å². The Labute approximate surface area is 225 Å². The lowest BCUT2D eigenvalue weighted by Gasteiger charge is -2.22. The van der Waals surface area contributed by atoms with Gasteiger partial charge < -0.3 is 19.6 Å². The highest BCUT2D eigenvalue weighted by molar-refractivity contribution is 5.86. The second-order valence-corrected chi connectivity index (χ2v) is 11.0. The molecule has 7 heteroatoms. The fraction of sp³-hybridized carbons (Fsp3) is 0.452. The Morgan fingerprint density at radius 3 is 2.24 bits per heavy atom. The molecule has 1 atom stereocenters. The Morgan fingerprint density at radius 1 is 1.05 bits per heavy atom. The number of nitrogens with zero attached hydrogens (tertiary/aromatic N) is 2. The van der Waals surface area contributed by atoms with E-state index in [1.165, 1.54) is 12.1 Å². The molecule has 2 aromatic carbocycles. The summed E-state index contributed by atoms with van der Waals surface area (Å²) < 4.78 is 21.4. The average Bonchev–Trinajstić information content (AvgIpc) is 3.17. The van der Waals surface area contributed by atoms with Crippen molar-refractivity contribution in [3.63, 3.8) is 0 Å². The average molecular weight is 525 g/mol. The van der Waals surface area contributed by atoms with Crippen LogP contribution in [0.3, 0.4) is 0 Å². The first-order valence-corrected chi connectivity index (χ1v) is 13.3. The summed E-state index contributed by atoms with van der Waals surface area (Å²) in [4.78, 5) is 12.1. The first kappa shape index (κ1) is 29.6. The first-order chi connectivity index (χ1) is 17.9. The molecule has 0 spiro atoms. The van der Waals surface area contributed by atoms with Gasteiger partial charge in [-0.25, -0.2) is 4.39 Å². The van der Waals surface area contributed by atoms with Gasteiger partial charge in [0.05, 0.1) is 24.8 Å². The number of hydrogen-bond donors (Lipinski definition) is 2. The highest BCUT2D eigenvalue weighted by Crippen LogP contribution is 2.42. The minimum absolute atomic E-state index is 0.0812. The van der Waals surface area contributed by atoms with E-state index in [9.17, 15) is 19.5 Å². The highest BCUT2D eigenvalue weighted by Gasteiger charge is 2.27. The minimum Gasteiger partial charge on any atom is -0.460 e. The number of ether oxygens (including phenoxy) is 1. The molecule has 1 aromatic heterocycles. The molecule has 3 aromatic rings. The molecule has 0 saturated heterocycles. The van der Waals surface area contributed by atoms with E-state index in [4.69, 9.17) is 4.74 Å². The normalized spacial score (nSPS) is 12.8. The fourth-order valence-corrected chi connectivity index (χ4v) is 4.97. The Kier molecular flexibility index (Phi) is 9.88. The number of aliphatic hydroxyl groups excluding tert-OH is 1. The molecule has 0 radical (unpaired) electrons. The van der Waals surface area contributed by atoms with Crippen molar-refractivity contribution < 1.29 is 24.2 Å². The maximum absolute atomic E-state index is 13.9. The SMILES string of the molecule is CCn1c(-c2ccccc2)c(-c2ccc(F)cc2)c(CCN(O)CC(O)CC(=O)OC(C)(C)C)c1C(C)C. The van der Waals surface area contributed by atoms with E-state index < -0.39 is 17.7 Å². The molecule has 0 aliphatic rings. The summed E-state index contributed by atoms with van der Waals surface area (Å²) in [5.74, 6) is -0.603. The van der Waals surface area contributed by atoms with Gasteiger partial charge in [0, 0.05) is 24.3 Å². The van der Waals surface area contributed by atoms with Crippen LogP contribution in [0.5, 0.6) is 0 Å². The van der Waals surface area contributed by atoms with Gasteiger partial charge >= 0.3 is 5.97 Å². The molecule has 0 aliphatic carbocycles. The molecule has 0 bridgehead atoms. The minimum atomic E-state index is -1.06. The van der Waals surface area contributed by atoms with E-state index >= 15 is 0 Å². The molecule has 0 amide bonds. The molecule has 6 nitrogen and oxygen atoms in total. The predicted molar refractivity (Wildman–Crippen MR) is 149 cm³/mol. The molecule has 1 unspecified atom stereocenters. The van der Waals surface area contributed by atoms with Crippen molar-refractivity contribution in [1.29, 1.82) is 0 Å². The van der Waals surface area contributed by atoms with Crippen molar-refractivity contribution in [3.8, 4) is 22.4 Å². The number of carbonyl (C=O) groups is 1. The summed E-state index contributed by atoms with van der Waals surface area (Å²) >= 11 is 0. The molecule has 0 saturated carbocycles. The number of esters is 1. The van der Waals surface area contributed by atoms with Crippen LogP contribution in [0.1, 0.15) is 65.1 Å². The number of hydrogen-bond acceptors (Lipinski definition) is 5. The summed E-state index contributed by atoms with van der Waals surface area (Å²) in [6.45, 7) is 12.6. The molecule has 38 heavy (non-hydrogen) atoms. The lowest BCUT2D eigenvalue weighted by atomic mass is 9.93. The summed E-state index contributed by atoms with van der Waals surface area (Å²) in [7, 11) is 0. The van der Waals surface area contributed by atoms with Crippen LogP contribution in [0.15, 0.2) is 54.6 Å². The lowest BCUT2D eigenvalue weighted by Crippen LogP contribution is -2.34. The van der Waals surface area contributed by atoms with E-state index in [0.717, 1.165) is 45.2 Å². The van der Waals surface area contributed by atoms with Gasteiger partial charge in [0.25, 0.3) is 0 Å². The number of hydroxylamine groups is 2. The van der Waals surface area contributed by atoms with Crippen LogP contribution in [0.2, 0.25) is 0 Å². The Balaban J connectivity index is 1.95. The second-order valence-electron chi connectivity index (χ2n) is 11.0. The largest absolute Gasteiger partial charge is 0.460 e. The maximum Gasteiger partial charge on any atom is 0.308 e. The van der Waals surface area contributed by atoms with Gasteiger partial charge in [-0.3, -0.25) is 4.79 Å². The number of carbonyl (C=O) groups excluding carboxylic acids is 1. The summed E-state index contributed by atoms with van der Waals surface area (Å²) in [6, 6.07) is 16.7. The van der Waals surface area contributed by atoms with Crippen molar-refractivity contribution in [2.24, 2.45) is 0 Å². The van der Waals surface area contributed by atoms with E-state index in [0.29, 0.717) is 6.42 Å². The molecule has 2 N–H and O–H groups in total. The van der Waals surface area contributed by atoms with E-state index in [1.54, 1.807) is 32.9 Å². The van der Waals surface area contributed by atoms with Crippen LogP contribution < -0.4 is 0 Å². The summed E-state index contributed by atoms with van der Waals surface area (Å²) in [5.41, 5.74) is 5.65. The molecule has 1 heterocycles. The van der Waals surface area contributed by atoms with Gasteiger partial charge in [-0.05, 0) is 68.9 Å². The quantitative estimate of drug-likeness (QED) is 0.223. The highest BCUT2D eigenvalue weighted by atomic mass is 19.1. The van der Waals surface area contributed by atoms with Gasteiger partial charge in [-0.15, -0.1) is 0 Å². The standard InChI is InChI=1S/C31H41FN2O4/c1-7-34-29(21(2)3)26(17-18-33(37)20-25(35)19-27(36)38-31(4,5)6)28(22-13-15-24(32)16-14-22)30(34)23-11-9-8-10-12-23/h8-16,21,25,35,37H,7,17-20H2,1-6H3. The van der Waals surface area contributed by atoms with Gasteiger partial charge in [-0.2, -0.15) is 5.06 Å². The number of aliphatic hydroxyl groups is 1. The van der Waals surface area contributed by atoms with Crippen molar-refractivity contribution in [2.75, 3.05) is 13.1 Å². The Hall–Kier alpha value is -3.00. The number of benzene rings is 2. The van der Waals surface area contributed by atoms with Crippen molar-refractivity contribution >= 4 is 5.97 Å². The summed E-state index contributed by atoms with van der Waals surface area (Å²) in [5, 5.41) is 22.1. The smallest absolute Gasteiger partial charge is 0.308 e. The summed E-state index contributed by atoms with van der Waals surface area (Å²) in [6.07, 6.45) is -0.754. The van der Waals surface area contributed by atoms with Gasteiger partial charge in [0.1, 0.15) is 11.4 Å². The maximum atomic E-state index is 13.9. The second kappa shape index (κ2) is 12.7. The van der Waals surface area contributed by atoms with Gasteiger partial charge in [0.15, 0.2) is 0 Å².